The van der Waals surface area contributed by atoms with Crippen LogP contribution in [-0.2, 0) is 19.1 Å². The predicted molar refractivity (Wildman–Crippen MR) is 91.4 cm³/mol. The zero-order valence-corrected chi connectivity index (χ0v) is 15.6. The molecule has 0 saturated heterocycles. The van der Waals surface area contributed by atoms with Crippen LogP contribution >= 0.6 is 0 Å². The number of aliphatic carboxylic acids is 2. The third-order valence-electron chi connectivity index (χ3n) is 2.03. The molecule has 0 aromatic heterocycles. The maximum Gasteiger partial charge on any atom is 0.333 e. The third kappa shape index (κ3) is 34.9. The average Bonchev–Trinajstić information content (AvgIpc) is 2.47. The Labute approximate surface area is 149 Å². The molecule has 0 aliphatic rings. The summed E-state index contributed by atoms with van der Waals surface area (Å²) in [5.41, 5.74) is 0. The quantitative estimate of drug-likeness (QED) is 0.321. The highest BCUT2D eigenvalue weighted by atomic mass is 16.5. The van der Waals surface area contributed by atoms with Crippen LogP contribution in [0.3, 0.4) is 0 Å². The van der Waals surface area contributed by atoms with Gasteiger partial charge in [0.25, 0.3) is 0 Å². The number of hydrogen-bond acceptors (Lipinski definition) is 7. The van der Waals surface area contributed by atoms with Crippen LogP contribution in [0.25, 0.3) is 0 Å². The molecule has 0 fully saturated rings. The van der Waals surface area contributed by atoms with Crippen molar-refractivity contribution in [3.05, 3.63) is 0 Å². The molecule has 0 aromatic carbocycles. The van der Waals surface area contributed by atoms with E-state index in [1.165, 1.54) is 0 Å². The first kappa shape index (κ1) is 28.5. The van der Waals surface area contributed by atoms with Gasteiger partial charge in [-0.05, 0) is 11.8 Å². The van der Waals surface area contributed by atoms with Crippen LogP contribution in [0.4, 0.5) is 0 Å². The van der Waals surface area contributed by atoms with Crippen molar-refractivity contribution < 1.29 is 44.6 Å². The standard InChI is InChI=1S/C8H18O.C4H6O5.C4H10O3/c1-7(2)5-9-6-8(3)4;5-2(4(8)9)1-3(6)7;5-1-3-7-4-2-6/h7-8H,5-6H2,1-4H3;2,5H,1H2,(H,6,7)(H,8,9);5-6H,1-4H2. The highest BCUT2D eigenvalue weighted by Gasteiger charge is 2.16. The van der Waals surface area contributed by atoms with Crippen molar-refractivity contribution >= 4 is 11.9 Å². The number of aliphatic hydroxyl groups is 3. The summed E-state index contributed by atoms with van der Waals surface area (Å²) in [5.74, 6) is -1.50. The van der Waals surface area contributed by atoms with Crippen molar-refractivity contribution in [3.63, 3.8) is 0 Å². The molecule has 9 heteroatoms. The Kier molecular flexibility index (Phi) is 23.7. The minimum absolute atomic E-state index is 0.0278. The van der Waals surface area contributed by atoms with Crippen LogP contribution in [0.1, 0.15) is 34.1 Å². The number of carbonyl (C=O) groups is 2. The summed E-state index contributed by atoms with van der Waals surface area (Å²) >= 11 is 0. The van der Waals surface area contributed by atoms with Crippen molar-refractivity contribution in [3.8, 4) is 0 Å². The van der Waals surface area contributed by atoms with E-state index in [1.54, 1.807) is 0 Å². The van der Waals surface area contributed by atoms with Gasteiger partial charge in [0.15, 0.2) is 6.10 Å². The molecule has 9 nitrogen and oxygen atoms in total. The van der Waals surface area contributed by atoms with Crippen molar-refractivity contribution in [1.82, 2.24) is 0 Å². The minimum Gasteiger partial charge on any atom is -0.481 e. The number of aliphatic hydroxyl groups excluding tert-OH is 3. The Balaban J connectivity index is -0.000000293. The van der Waals surface area contributed by atoms with Gasteiger partial charge in [0.2, 0.25) is 0 Å². The second-order valence-corrected chi connectivity index (χ2v) is 5.84. The smallest absolute Gasteiger partial charge is 0.333 e. The van der Waals surface area contributed by atoms with E-state index in [1.807, 2.05) is 0 Å². The summed E-state index contributed by atoms with van der Waals surface area (Å²) in [6, 6.07) is 0. The van der Waals surface area contributed by atoms with E-state index in [0.29, 0.717) is 25.0 Å². The molecule has 0 radical (unpaired) electrons. The topological polar surface area (TPSA) is 154 Å². The number of rotatable bonds is 11. The maximum atomic E-state index is 9.72. The van der Waals surface area contributed by atoms with Gasteiger partial charge in [-0.25, -0.2) is 4.79 Å². The normalized spacial score (nSPS) is 11.2. The molecular formula is C16H34O9. The summed E-state index contributed by atoms with van der Waals surface area (Å²) in [6.45, 7) is 11.2. The molecule has 0 aliphatic heterocycles. The maximum absolute atomic E-state index is 9.72. The SMILES string of the molecule is CC(C)COCC(C)C.O=C(O)CC(O)C(=O)O.OCCOCCO. The summed E-state index contributed by atoms with van der Waals surface area (Å²) in [5, 5.41) is 40.3. The molecule has 1 atom stereocenters. The van der Waals surface area contributed by atoms with Gasteiger partial charge in [0.05, 0.1) is 32.8 Å². The van der Waals surface area contributed by atoms with Crippen molar-refractivity contribution in [1.29, 1.82) is 0 Å². The lowest BCUT2D eigenvalue weighted by Gasteiger charge is -2.07. The van der Waals surface area contributed by atoms with Gasteiger partial charge in [0, 0.05) is 13.2 Å². The average molecular weight is 370 g/mol. The van der Waals surface area contributed by atoms with Crippen LogP contribution in [0.5, 0.6) is 0 Å². The van der Waals surface area contributed by atoms with Crippen LogP contribution in [0, 0.1) is 11.8 Å². The van der Waals surface area contributed by atoms with Crippen molar-refractivity contribution in [2.75, 3.05) is 39.6 Å². The fraction of sp³-hybridized carbons (Fsp3) is 0.875. The highest BCUT2D eigenvalue weighted by Crippen LogP contribution is 1.96. The van der Waals surface area contributed by atoms with Gasteiger partial charge in [-0.1, -0.05) is 27.7 Å². The van der Waals surface area contributed by atoms with Gasteiger partial charge >= 0.3 is 11.9 Å². The zero-order chi connectivity index (χ0) is 20.3. The Bertz CT molecular complexity index is 294. The van der Waals surface area contributed by atoms with Crippen LogP contribution < -0.4 is 0 Å². The van der Waals surface area contributed by atoms with Gasteiger partial charge in [-0.2, -0.15) is 0 Å². The summed E-state index contributed by atoms with van der Waals surface area (Å²) in [6.07, 6.45) is -2.54. The number of hydrogen-bond donors (Lipinski definition) is 5. The minimum atomic E-state index is -1.79. The Hall–Kier alpha value is -1.26. The molecule has 0 heterocycles. The molecule has 0 saturated carbocycles. The summed E-state index contributed by atoms with van der Waals surface area (Å²) < 4.78 is 9.99. The summed E-state index contributed by atoms with van der Waals surface area (Å²) in [4.78, 5) is 19.4. The van der Waals surface area contributed by atoms with Crippen LogP contribution in [-0.4, -0.2) is 83.2 Å². The first-order chi connectivity index (χ1) is 11.6. The Morgan fingerprint density at radius 1 is 0.840 bits per heavy atom. The van der Waals surface area contributed by atoms with E-state index >= 15 is 0 Å². The number of carboxylic acid groups (broad SMARTS) is 2. The highest BCUT2D eigenvalue weighted by molar-refractivity contribution is 5.79. The molecule has 0 aromatic rings. The molecule has 0 rings (SSSR count). The zero-order valence-electron chi connectivity index (χ0n) is 15.6. The fourth-order valence-electron chi connectivity index (χ4n) is 1.02. The lowest BCUT2D eigenvalue weighted by atomic mass is 10.2. The second kappa shape index (κ2) is 20.8. The van der Waals surface area contributed by atoms with Gasteiger partial charge < -0.3 is 35.0 Å². The number of ether oxygens (including phenoxy) is 2. The van der Waals surface area contributed by atoms with E-state index in [4.69, 9.17) is 30.3 Å². The Morgan fingerprint density at radius 2 is 1.24 bits per heavy atom. The number of carboxylic acids is 2. The van der Waals surface area contributed by atoms with Gasteiger partial charge in [0.1, 0.15) is 0 Å². The predicted octanol–water partition coefficient (Wildman–Crippen LogP) is 0.209. The van der Waals surface area contributed by atoms with Crippen molar-refractivity contribution in [2.24, 2.45) is 11.8 Å². The molecule has 152 valence electrons. The first-order valence-corrected chi connectivity index (χ1v) is 8.08. The Morgan fingerprint density at radius 3 is 1.44 bits per heavy atom. The molecule has 0 spiro atoms. The van der Waals surface area contributed by atoms with Gasteiger partial charge in [-0.3, -0.25) is 4.79 Å². The van der Waals surface area contributed by atoms with Gasteiger partial charge in [-0.15, -0.1) is 0 Å². The molecule has 1 unspecified atom stereocenters. The molecule has 0 amide bonds. The monoisotopic (exact) mass is 370 g/mol. The van der Waals surface area contributed by atoms with E-state index in [2.05, 4.69) is 32.4 Å². The van der Waals surface area contributed by atoms with Crippen LogP contribution in [0.2, 0.25) is 0 Å². The molecule has 5 N–H and O–H groups in total. The molecule has 0 bridgehead atoms. The molecule has 25 heavy (non-hydrogen) atoms. The van der Waals surface area contributed by atoms with E-state index in [0.717, 1.165) is 13.2 Å². The third-order valence-corrected chi connectivity index (χ3v) is 2.03. The van der Waals surface area contributed by atoms with E-state index < -0.39 is 24.5 Å². The largest absolute Gasteiger partial charge is 0.481 e. The lowest BCUT2D eigenvalue weighted by molar-refractivity contribution is -0.152. The molecular weight excluding hydrogens is 336 g/mol. The summed E-state index contributed by atoms with van der Waals surface area (Å²) in [7, 11) is 0. The van der Waals surface area contributed by atoms with E-state index in [-0.39, 0.29) is 13.2 Å². The fourth-order valence-corrected chi connectivity index (χ4v) is 1.02. The van der Waals surface area contributed by atoms with Crippen molar-refractivity contribution in [2.45, 2.75) is 40.2 Å². The first-order valence-electron chi connectivity index (χ1n) is 8.08. The van der Waals surface area contributed by atoms with Crippen LogP contribution in [0.15, 0.2) is 0 Å². The lowest BCUT2D eigenvalue weighted by Crippen LogP contribution is -2.22. The van der Waals surface area contributed by atoms with E-state index in [9.17, 15) is 9.59 Å². The molecule has 0 aliphatic carbocycles. The second-order valence-electron chi connectivity index (χ2n) is 5.84.